The molecule has 0 unspecified atom stereocenters. The second-order valence-corrected chi connectivity index (χ2v) is 3.03. The lowest BCUT2D eigenvalue weighted by molar-refractivity contribution is 0.194. The van der Waals surface area contributed by atoms with Crippen LogP contribution in [-0.4, -0.2) is 30.0 Å². The van der Waals surface area contributed by atoms with Gasteiger partial charge in [0.2, 0.25) is 0 Å². The van der Waals surface area contributed by atoms with Gasteiger partial charge in [-0.1, -0.05) is 6.58 Å². The monoisotopic (exact) mass is 195 g/mol. The fraction of sp³-hybridized carbons (Fsp3) is 0.500. The van der Waals surface area contributed by atoms with Crippen LogP contribution in [0.4, 0.5) is 0 Å². The van der Waals surface area contributed by atoms with Gasteiger partial charge in [-0.2, -0.15) is 5.10 Å². The SMILES string of the molecule is C=Cn1cc(CNCCCOC)cn1. The van der Waals surface area contributed by atoms with E-state index in [0.29, 0.717) is 0 Å². The molecule has 0 aliphatic carbocycles. The number of ether oxygens (including phenoxy) is 1. The molecule has 0 aromatic carbocycles. The lowest BCUT2D eigenvalue weighted by Gasteiger charge is -2.01. The lowest BCUT2D eigenvalue weighted by Crippen LogP contribution is -2.15. The fourth-order valence-corrected chi connectivity index (χ4v) is 1.14. The van der Waals surface area contributed by atoms with Crippen molar-refractivity contribution < 1.29 is 4.74 Å². The van der Waals surface area contributed by atoms with E-state index in [1.54, 1.807) is 18.0 Å². The van der Waals surface area contributed by atoms with Crippen LogP contribution < -0.4 is 5.32 Å². The molecule has 1 heterocycles. The number of hydrogen-bond donors (Lipinski definition) is 1. The van der Waals surface area contributed by atoms with Gasteiger partial charge in [0, 0.05) is 38.2 Å². The Morgan fingerprint density at radius 1 is 1.71 bits per heavy atom. The standard InChI is InChI=1S/C10H17N3O/c1-3-13-9-10(8-12-13)7-11-5-4-6-14-2/h3,8-9,11H,1,4-7H2,2H3. The van der Waals surface area contributed by atoms with Gasteiger partial charge < -0.3 is 10.1 Å². The first-order valence-electron chi connectivity index (χ1n) is 4.72. The molecule has 0 radical (unpaired) electrons. The van der Waals surface area contributed by atoms with E-state index in [2.05, 4.69) is 17.0 Å². The van der Waals surface area contributed by atoms with Gasteiger partial charge in [0.25, 0.3) is 0 Å². The average molecular weight is 195 g/mol. The number of methoxy groups -OCH3 is 1. The first kappa shape index (κ1) is 10.9. The third-order valence-corrected chi connectivity index (χ3v) is 1.87. The van der Waals surface area contributed by atoms with Gasteiger partial charge >= 0.3 is 0 Å². The minimum Gasteiger partial charge on any atom is -0.385 e. The smallest absolute Gasteiger partial charge is 0.0538 e. The van der Waals surface area contributed by atoms with Crippen molar-refractivity contribution in [1.29, 1.82) is 0 Å². The summed E-state index contributed by atoms with van der Waals surface area (Å²) in [6, 6.07) is 0. The Hall–Kier alpha value is -1.13. The quantitative estimate of drug-likeness (QED) is 0.662. The van der Waals surface area contributed by atoms with Crippen molar-refractivity contribution in [3.63, 3.8) is 0 Å². The minimum atomic E-state index is 0.804. The van der Waals surface area contributed by atoms with Crippen LogP contribution in [0.2, 0.25) is 0 Å². The molecule has 4 heteroatoms. The van der Waals surface area contributed by atoms with Crippen LogP contribution in [0.1, 0.15) is 12.0 Å². The van der Waals surface area contributed by atoms with Crippen molar-refractivity contribution in [1.82, 2.24) is 15.1 Å². The van der Waals surface area contributed by atoms with Crippen molar-refractivity contribution in [3.05, 3.63) is 24.5 Å². The Morgan fingerprint density at radius 3 is 3.21 bits per heavy atom. The van der Waals surface area contributed by atoms with Crippen molar-refractivity contribution in [3.8, 4) is 0 Å². The molecule has 1 aromatic rings. The summed E-state index contributed by atoms with van der Waals surface area (Å²) in [5.41, 5.74) is 1.17. The zero-order valence-corrected chi connectivity index (χ0v) is 8.57. The maximum Gasteiger partial charge on any atom is 0.0538 e. The molecule has 0 saturated carbocycles. The maximum absolute atomic E-state index is 4.95. The van der Waals surface area contributed by atoms with Crippen LogP contribution >= 0.6 is 0 Å². The highest BCUT2D eigenvalue weighted by atomic mass is 16.5. The summed E-state index contributed by atoms with van der Waals surface area (Å²) >= 11 is 0. The molecule has 78 valence electrons. The molecule has 0 bridgehead atoms. The van der Waals surface area contributed by atoms with E-state index in [1.807, 2.05) is 12.4 Å². The summed E-state index contributed by atoms with van der Waals surface area (Å²) in [4.78, 5) is 0. The van der Waals surface area contributed by atoms with Crippen LogP contribution in [0.5, 0.6) is 0 Å². The predicted octanol–water partition coefficient (Wildman–Crippen LogP) is 1.11. The molecule has 1 N–H and O–H groups in total. The summed E-state index contributed by atoms with van der Waals surface area (Å²) in [5, 5.41) is 7.39. The van der Waals surface area contributed by atoms with E-state index >= 15 is 0 Å². The zero-order valence-electron chi connectivity index (χ0n) is 8.57. The Bertz CT molecular complexity index is 270. The van der Waals surface area contributed by atoms with E-state index in [4.69, 9.17) is 4.74 Å². The Kier molecular flexibility index (Phi) is 4.96. The summed E-state index contributed by atoms with van der Waals surface area (Å²) in [6.45, 7) is 6.24. The number of nitrogens with one attached hydrogen (secondary N) is 1. The first-order valence-corrected chi connectivity index (χ1v) is 4.72. The topological polar surface area (TPSA) is 39.1 Å². The highest BCUT2D eigenvalue weighted by molar-refractivity contribution is 5.17. The largest absolute Gasteiger partial charge is 0.385 e. The second-order valence-electron chi connectivity index (χ2n) is 3.03. The highest BCUT2D eigenvalue weighted by Crippen LogP contribution is 1.96. The molecular formula is C10H17N3O. The summed E-state index contributed by atoms with van der Waals surface area (Å²) in [5.74, 6) is 0. The van der Waals surface area contributed by atoms with Crippen molar-refractivity contribution >= 4 is 6.20 Å². The summed E-state index contributed by atoms with van der Waals surface area (Å²) < 4.78 is 6.65. The summed E-state index contributed by atoms with van der Waals surface area (Å²) in [6.07, 6.45) is 6.50. The van der Waals surface area contributed by atoms with E-state index in [-0.39, 0.29) is 0 Å². The maximum atomic E-state index is 4.95. The molecule has 1 rings (SSSR count). The van der Waals surface area contributed by atoms with Crippen molar-refractivity contribution in [2.24, 2.45) is 0 Å². The molecule has 14 heavy (non-hydrogen) atoms. The molecule has 0 atom stereocenters. The predicted molar refractivity (Wildman–Crippen MR) is 56.8 cm³/mol. The third-order valence-electron chi connectivity index (χ3n) is 1.87. The average Bonchev–Trinajstić information content (AvgIpc) is 2.65. The molecule has 0 aliphatic heterocycles. The fourth-order valence-electron chi connectivity index (χ4n) is 1.14. The Balaban J connectivity index is 2.14. The number of hydrogen-bond acceptors (Lipinski definition) is 3. The highest BCUT2D eigenvalue weighted by Gasteiger charge is 1.95. The number of aromatic nitrogens is 2. The van der Waals surface area contributed by atoms with Crippen molar-refractivity contribution in [2.75, 3.05) is 20.3 Å². The van der Waals surface area contributed by atoms with Crippen LogP contribution in [-0.2, 0) is 11.3 Å². The molecule has 0 aliphatic rings. The zero-order chi connectivity index (χ0) is 10.2. The Morgan fingerprint density at radius 2 is 2.57 bits per heavy atom. The van der Waals surface area contributed by atoms with Crippen molar-refractivity contribution in [2.45, 2.75) is 13.0 Å². The molecule has 1 aromatic heterocycles. The van der Waals surface area contributed by atoms with Crippen LogP contribution in [0.3, 0.4) is 0 Å². The van der Waals surface area contributed by atoms with Crippen LogP contribution in [0.25, 0.3) is 6.20 Å². The van der Waals surface area contributed by atoms with Crippen LogP contribution in [0, 0.1) is 0 Å². The van der Waals surface area contributed by atoms with Gasteiger partial charge in [-0.25, -0.2) is 4.68 Å². The van der Waals surface area contributed by atoms with E-state index in [0.717, 1.165) is 26.1 Å². The van der Waals surface area contributed by atoms with Gasteiger partial charge in [-0.15, -0.1) is 0 Å². The van der Waals surface area contributed by atoms with E-state index in [1.165, 1.54) is 5.56 Å². The lowest BCUT2D eigenvalue weighted by atomic mass is 10.3. The van der Waals surface area contributed by atoms with E-state index in [9.17, 15) is 0 Å². The molecule has 0 saturated heterocycles. The Labute approximate surface area is 84.6 Å². The summed E-state index contributed by atoms with van der Waals surface area (Å²) in [7, 11) is 1.72. The van der Waals surface area contributed by atoms with Crippen LogP contribution in [0.15, 0.2) is 19.0 Å². The van der Waals surface area contributed by atoms with E-state index < -0.39 is 0 Å². The van der Waals surface area contributed by atoms with Gasteiger partial charge in [0.15, 0.2) is 0 Å². The molecule has 0 fully saturated rings. The number of nitrogens with zero attached hydrogens (tertiary/aromatic N) is 2. The second kappa shape index (κ2) is 6.34. The molecule has 0 spiro atoms. The third kappa shape index (κ3) is 3.72. The van der Waals surface area contributed by atoms with Gasteiger partial charge in [-0.05, 0) is 13.0 Å². The van der Waals surface area contributed by atoms with Gasteiger partial charge in [0.1, 0.15) is 0 Å². The van der Waals surface area contributed by atoms with Gasteiger partial charge in [-0.3, -0.25) is 0 Å². The normalized spacial score (nSPS) is 10.4. The minimum absolute atomic E-state index is 0.804. The molecule has 0 amide bonds. The first-order chi connectivity index (χ1) is 6.86. The number of rotatable bonds is 7. The molecular weight excluding hydrogens is 178 g/mol. The molecule has 4 nitrogen and oxygen atoms in total. The van der Waals surface area contributed by atoms with Gasteiger partial charge in [0.05, 0.1) is 6.20 Å².